The second-order valence-corrected chi connectivity index (χ2v) is 5.03. The molecule has 0 atom stereocenters. The van der Waals surface area contributed by atoms with Crippen LogP contribution < -0.4 is 9.64 Å². The predicted octanol–water partition coefficient (Wildman–Crippen LogP) is 3.73. The number of benzene rings is 1. The van der Waals surface area contributed by atoms with Gasteiger partial charge in [0.25, 0.3) is 0 Å². The molecule has 0 saturated heterocycles. The molecule has 5 nitrogen and oxygen atoms in total. The Kier molecular flexibility index (Phi) is 3.96. The van der Waals surface area contributed by atoms with E-state index in [4.69, 9.17) is 11.6 Å². The fourth-order valence-electron chi connectivity index (χ4n) is 2.23. The molecule has 1 aromatic carbocycles. The number of rotatable bonds is 3. The minimum absolute atomic E-state index is 0.00694. The quantitative estimate of drug-likeness (QED) is 0.682. The molecule has 23 heavy (non-hydrogen) atoms. The summed E-state index contributed by atoms with van der Waals surface area (Å²) >= 11 is 5.91. The number of fused-ring (bicyclic) bond motifs is 1. The minimum Gasteiger partial charge on any atom is -0.491 e. The number of ether oxygens (including phenoxy) is 1. The molecule has 0 aliphatic heterocycles. The van der Waals surface area contributed by atoms with Gasteiger partial charge in [-0.25, -0.2) is 13.8 Å². The topological polar surface area (TPSA) is 51.1 Å². The van der Waals surface area contributed by atoms with Gasteiger partial charge in [0.15, 0.2) is 23.0 Å². The van der Waals surface area contributed by atoms with Crippen LogP contribution in [0.2, 0.25) is 5.28 Å². The Balaban J connectivity index is 2.16. The Labute approximate surface area is 135 Å². The van der Waals surface area contributed by atoms with E-state index in [1.54, 1.807) is 25.4 Å². The van der Waals surface area contributed by atoms with Gasteiger partial charge in [0, 0.05) is 31.1 Å². The van der Waals surface area contributed by atoms with E-state index in [0.29, 0.717) is 16.9 Å². The number of nitrogens with zero attached hydrogens (tertiary/aromatic N) is 4. The van der Waals surface area contributed by atoms with Crippen molar-refractivity contribution in [3.8, 4) is 5.75 Å². The van der Waals surface area contributed by atoms with Crippen LogP contribution in [0.3, 0.4) is 0 Å². The lowest BCUT2D eigenvalue weighted by molar-refractivity contribution is 0.360. The molecule has 118 valence electrons. The van der Waals surface area contributed by atoms with Crippen molar-refractivity contribution in [1.29, 1.82) is 0 Å². The average molecular weight is 337 g/mol. The Morgan fingerprint density at radius 3 is 2.52 bits per heavy atom. The zero-order valence-electron chi connectivity index (χ0n) is 12.2. The SMILES string of the molecule is COc1c(F)cc(N(C)c2nc(Cl)nc3ncccc23)cc1F. The first-order valence-corrected chi connectivity index (χ1v) is 6.94. The third kappa shape index (κ3) is 2.75. The summed E-state index contributed by atoms with van der Waals surface area (Å²) in [6.45, 7) is 0. The zero-order chi connectivity index (χ0) is 16.6. The van der Waals surface area contributed by atoms with Gasteiger partial charge < -0.3 is 9.64 Å². The van der Waals surface area contributed by atoms with E-state index in [-0.39, 0.29) is 11.0 Å². The van der Waals surface area contributed by atoms with Crippen molar-refractivity contribution in [3.05, 3.63) is 47.4 Å². The summed E-state index contributed by atoms with van der Waals surface area (Å²) in [6, 6.07) is 5.77. The van der Waals surface area contributed by atoms with Crippen LogP contribution in [0.4, 0.5) is 20.3 Å². The van der Waals surface area contributed by atoms with E-state index >= 15 is 0 Å². The molecular weight excluding hydrogens is 326 g/mol. The van der Waals surface area contributed by atoms with Crippen molar-refractivity contribution in [3.63, 3.8) is 0 Å². The molecule has 0 aliphatic carbocycles. The summed E-state index contributed by atoms with van der Waals surface area (Å²) < 4.78 is 32.5. The van der Waals surface area contributed by atoms with Gasteiger partial charge in [-0.3, -0.25) is 0 Å². The van der Waals surface area contributed by atoms with Gasteiger partial charge >= 0.3 is 0 Å². The number of methoxy groups -OCH3 is 1. The van der Waals surface area contributed by atoms with Gasteiger partial charge in [-0.2, -0.15) is 9.97 Å². The summed E-state index contributed by atoms with van der Waals surface area (Å²) in [6.07, 6.45) is 1.57. The molecule has 0 unspecified atom stereocenters. The molecule has 0 saturated carbocycles. The van der Waals surface area contributed by atoms with Crippen LogP contribution in [0, 0.1) is 11.6 Å². The van der Waals surface area contributed by atoms with Crippen molar-refractivity contribution in [2.45, 2.75) is 0 Å². The van der Waals surface area contributed by atoms with E-state index < -0.39 is 17.4 Å². The minimum atomic E-state index is -0.808. The smallest absolute Gasteiger partial charge is 0.226 e. The Morgan fingerprint density at radius 1 is 1.17 bits per heavy atom. The molecule has 8 heteroatoms. The van der Waals surface area contributed by atoms with Gasteiger partial charge in [-0.05, 0) is 23.7 Å². The second kappa shape index (κ2) is 5.92. The highest BCUT2D eigenvalue weighted by Crippen LogP contribution is 2.32. The molecule has 0 amide bonds. The molecule has 0 bridgehead atoms. The maximum absolute atomic E-state index is 13.9. The van der Waals surface area contributed by atoms with Gasteiger partial charge in [0.05, 0.1) is 12.5 Å². The summed E-state index contributed by atoms with van der Waals surface area (Å²) in [5, 5.41) is 0.600. The molecule has 0 fully saturated rings. The third-order valence-electron chi connectivity index (χ3n) is 3.32. The molecule has 0 aliphatic rings. The summed E-state index contributed by atoms with van der Waals surface area (Å²) in [5.41, 5.74) is 0.643. The second-order valence-electron chi connectivity index (χ2n) is 4.69. The number of anilines is 2. The fraction of sp³-hybridized carbons (Fsp3) is 0.133. The number of pyridine rings is 1. The van der Waals surface area contributed by atoms with Crippen LogP contribution in [-0.4, -0.2) is 29.1 Å². The van der Waals surface area contributed by atoms with Gasteiger partial charge in [-0.1, -0.05) is 0 Å². The molecule has 0 N–H and O–H groups in total. The number of halogens is 3. The van der Waals surface area contributed by atoms with Gasteiger partial charge in [0.1, 0.15) is 5.82 Å². The van der Waals surface area contributed by atoms with E-state index in [9.17, 15) is 8.78 Å². The molecule has 0 spiro atoms. The van der Waals surface area contributed by atoms with E-state index in [1.165, 1.54) is 12.0 Å². The van der Waals surface area contributed by atoms with Crippen LogP contribution in [-0.2, 0) is 0 Å². The molecule has 2 heterocycles. The fourth-order valence-corrected chi connectivity index (χ4v) is 2.39. The Morgan fingerprint density at radius 2 is 1.87 bits per heavy atom. The Bertz CT molecular complexity index is 867. The average Bonchev–Trinajstić information content (AvgIpc) is 2.53. The van der Waals surface area contributed by atoms with E-state index in [0.717, 1.165) is 12.1 Å². The van der Waals surface area contributed by atoms with Crippen LogP contribution >= 0.6 is 11.6 Å². The van der Waals surface area contributed by atoms with Crippen molar-refractivity contribution in [2.75, 3.05) is 19.1 Å². The lowest BCUT2D eigenvalue weighted by atomic mass is 10.2. The molecular formula is C15H11ClF2N4O. The maximum atomic E-state index is 13.9. The number of aromatic nitrogens is 3. The lowest BCUT2D eigenvalue weighted by Crippen LogP contribution is -2.13. The lowest BCUT2D eigenvalue weighted by Gasteiger charge is -2.20. The monoisotopic (exact) mass is 336 g/mol. The number of hydrogen-bond acceptors (Lipinski definition) is 5. The van der Waals surface area contributed by atoms with Crippen molar-refractivity contribution in [2.24, 2.45) is 0 Å². The van der Waals surface area contributed by atoms with E-state index in [1.807, 2.05) is 0 Å². The standard InChI is InChI=1S/C15H11ClF2N4O/c1-22(8-6-10(17)12(23-2)11(18)7-8)14-9-4-3-5-19-13(9)20-15(16)21-14/h3-7H,1-2H3. The highest BCUT2D eigenvalue weighted by Gasteiger charge is 2.17. The van der Waals surface area contributed by atoms with Gasteiger partial charge in [0.2, 0.25) is 5.28 Å². The van der Waals surface area contributed by atoms with E-state index in [2.05, 4.69) is 19.7 Å². The molecule has 0 radical (unpaired) electrons. The van der Waals surface area contributed by atoms with Crippen molar-refractivity contribution < 1.29 is 13.5 Å². The van der Waals surface area contributed by atoms with Gasteiger partial charge in [-0.15, -0.1) is 0 Å². The van der Waals surface area contributed by atoms with Crippen molar-refractivity contribution >= 4 is 34.1 Å². The summed E-state index contributed by atoms with van der Waals surface area (Å²) in [5.74, 6) is -1.67. The summed E-state index contributed by atoms with van der Waals surface area (Å²) in [7, 11) is 2.82. The molecule has 3 aromatic rings. The largest absolute Gasteiger partial charge is 0.491 e. The van der Waals surface area contributed by atoms with Crippen LogP contribution in [0.15, 0.2) is 30.5 Å². The predicted molar refractivity (Wildman–Crippen MR) is 83.3 cm³/mol. The maximum Gasteiger partial charge on any atom is 0.226 e. The van der Waals surface area contributed by atoms with Crippen LogP contribution in [0.5, 0.6) is 5.75 Å². The molecule has 3 rings (SSSR count). The van der Waals surface area contributed by atoms with Crippen molar-refractivity contribution in [1.82, 2.24) is 15.0 Å². The first-order valence-electron chi connectivity index (χ1n) is 6.56. The first kappa shape index (κ1) is 15.4. The highest BCUT2D eigenvalue weighted by molar-refractivity contribution is 6.28. The zero-order valence-corrected chi connectivity index (χ0v) is 13.0. The first-order chi connectivity index (χ1) is 11.0. The molecule has 2 aromatic heterocycles. The van der Waals surface area contributed by atoms with Crippen LogP contribution in [0.1, 0.15) is 0 Å². The highest BCUT2D eigenvalue weighted by atomic mass is 35.5. The number of hydrogen-bond donors (Lipinski definition) is 0. The van der Waals surface area contributed by atoms with Crippen LogP contribution in [0.25, 0.3) is 11.0 Å². The Hall–Kier alpha value is -2.54. The summed E-state index contributed by atoms with van der Waals surface area (Å²) in [4.78, 5) is 13.8. The third-order valence-corrected chi connectivity index (χ3v) is 3.49. The normalized spacial score (nSPS) is 10.8.